The van der Waals surface area contributed by atoms with Crippen molar-refractivity contribution in [1.82, 2.24) is 10.2 Å². The zero-order valence-corrected chi connectivity index (χ0v) is 9.11. The SMILES string of the molecule is O=C(O)C1CCNCCC1N1CCCC1. The van der Waals surface area contributed by atoms with Crippen LogP contribution in [-0.4, -0.2) is 48.2 Å². The van der Waals surface area contributed by atoms with Gasteiger partial charge in [0.25, 0.3) is 0 Å². The zero-order valence-electron chi connectivity index (χ0n) is 9.11. The minimum Gasteiger partial charge on any atom is -0.481 e. The second kappa shape index (κ2) is 4.94. The van der Waals surface area contributed by atoms with Gasteiger partial charge in [0.05, 0.1) is 5.92 Å². The monoisotopic (exact) mass is 212 g/mol. The van der Waals surface area contributed by atoms with E-state index in [-0.39, 0.29) is 12.0 Å². The molecular weight excluding hydrogens is 192 g/mol. The summed E-state index contributed by atoms with van der Waals surface area (Å²) in [6.07, 6.45) is 4.22. The highest BCUT2D eigenvalue weighted by Crippen LogP contribution is 2.24. The van der Waals surface area contributed by atoms with Crippen molar-refractivity contribution in [2.45, 2.75) is 31.7 Å². The van der Waals surface area contributed by atoms with E-state index in [0.717, 1.165) is 39.0 Å². The Morgan fingerprint density at radius 3 is 2.53 bits per heavy atom. The maximum Gasteiger partial charge on any atom is 0.308 e. The molecule has 0 aliphatic carbocycles. The van der Waals surface area contributed by atoms with Crippen molar-refractivity contribution in [3.8, 4) is 0 Å². The van der Waals surface area contributed by atoms with Crippen LogP contribution in [0.4, 0.5) is 0 Å². The molecule has 4 heteroatoms. The Kier molecular flexibility index (Phi) is 3.59. The fraction of sp³-hybridized carbons (Fsp3) is 0.909. The van der Waals surface area contributed by atoms with Gasteiger partial charge in [-0.1, -0.05) is 0 Å². The average molecular weight is 212 g/mol. The third-order valence-corrected chi connectivity index (χ3v) is 3.64. The van der Waals surface area contributed by atoms with Crippen LogP contribution in [0, 0.1) is 5.92 Å². The van der Waals surface area contributed by atoms with Crippen molar-refractivity contribution in [1.29, 1.82) is 0 Å². The number of nitrogens with one attached hydrogen (secondary N) is 1. The lowest BCUT2D eigenvalue weighted by Crippen LogP contribution is -2.42. The molecular formula is C11H20N2O2. The Morgan fingerprint density at radius 1 is 1.20 bits per heavy atom. The first kappa shape index (κ1) is 10.9. The van der Waals surface area contributed by atoms with Gasteiger partial charge in [-0.25, -0.2) is 0 Å². The van der Waals surface area contributed by atoms with Crippen LogP contribution in [0.2, 0.25) is 0 Å². The molecule has 0 aromatic rings. The lowest BCUT2D eigenvalue weighted by molar-refractivity contribution is -0.144. The van der Waals surface area contributed by atoms with Gasteiger partial charge in [-0.3, -0.25) is 9.69 Å². The Balaban J connectivity index is 2.05. The number of nitrogens with zero attached hydrogens (tertiary/aromatic N) is 1. The number of hydrogen-bond acceptors (Lipinski definition) is 3. The molecule has 2 heterocycles. The van der Waals surface area contributed by atoms with E-state index in [2.05, 4.69) is 10.2 Å². The summed E-state index contributed by atoms with van der Waals surface area (Å²) in [5.74, 6) is -0.784. The number of carboxylic acids is 1. The van der Waals surface area contributed by atoms with E-state index in [4.69, 9.17) is 0 Å². The standard InChI is InChI=1S/C11H20N2O2/c14-11(15)9-3-5-12-6-4-10(9)13-7-1-2-8-13/h9-10,12H,1-8H2,(H,14,15). The molecule has 2 saturated heterocycles. The van der Waals surface area contributed by atoms with E-state index in [1.165, 1.54) is 12.8 Å². The second-order valence-corrected chi connectivity index (χ2v) is 4.58. The lowest BCUT2D eigenvalue weighted by atomic mass is 9.94. The number of likely N-dealkylation sites (tertiary alicyclic amines) is 1. The van der Waals surface area contributed by atoms with Crippen LogP contribution in [0.1, 0.15) is 25.7 Å². The first-order valence-electron chi connectivity index (χ1n) is 5.96. The molecule has 2 fully saturated rings. The summed E-state index contributed by atoms with van der Waals surface area (Å²) >= 11 is 0. The van der Waals surface area contributed by atoms with Gasteiger partial charge in [-0.15, -0.1) is 0 Å². The van der Waals surface area contributed by atoms with Gasteiger partial charge < -0.3 is 10.4 Å². The van der Waals surface area contributed by atoms with Crippen LogP contribution in [0.25, 0.3) is 0 Å². The highest BCUT2D eigenvalue weighted by atomic mass is 16.4. The quantitative estimate of drug-likeness (QED) is 0.701. The number of hydrogen-bond donors (Lipinski definition) is 2. The highest BCUT2D eigenvalue weighted by molar-refractivity contribution is 5.71. The van der Waals surface area contributed by atoms with Gasteiger partial charge in [-0.2, -0.15) is 0 Å². The number of rotatable bonds is 2. The molecule has 86 valence electrons. The summed E-state index contributed by atoms with van der Waals surface area (Å²) in [6, 6.07) is 0.264. The molecule has 2 rings (SSSR count). The van der Waals surface area contributed by atoms with Crippen LogP contribution in [0.5, 0.6) is 0 Å². The maximum absolute atomic E-state index is 11.2. The number of carbonyl (C=O) groups is 1. The molecule has 0 saturated carbocycles. The van der Waals surface area contributed by atoms with Gasteiger partial charge in [-0.05, 0) is 51.9 Å². The molecule has 2 atom stereocenters. The van der Waals surface area contributed by atoms with Crippen molar-refractivity contribution in [2.75, 3.05) is 26.2 Å². The van der Waals surface area contributed by atoms with Crippen molar-refractivity contribution >= 4 is 5.97 Å². The molecule has 4 nitrogen and oxygen atoms in total. The van der Waals surface area contributed by atoms with Crippen LogP contribution >= 0.6 is 0 Å². The first-order valence-corrected chi connectivity index (χ1v) is 5.96. The average Bonchev–Trinajstić information content (AvgIpc) is 2.61. The smallest absolute Gasteiger partial charge is 0.308 e. The van der Waals surface area contributed by atoms with E-state index in [1.807, 2.05) is 0 Å². The van der Waals surface area contributed by atoms with E-state index in [9.17, 15) is 9.90 Å². The Morgan fingerprint density at radius 2 is 1.87 bits per heavy atom. The van der Waals surface area contributed by atoms with E-state index < -0.39 is 5.97 Å². The third kappa shape index (κ3) is 2.49. The lowest BCUT2D eigenvalue weighted by Gasteiger charge is -2.30. The molecule has 2 unspecified atom stereocenters. The largest absolute Gasteiger partial charge is 0.481 e. The fourth-order valence-electron chi connectivity index (χ4n) is 2.82. The maximum atomic E-state index is 11.2. The van der Waals surface area contributed by atoms with Crippen molar-refractivity contribution < 1.29 is 9.90 Å². The molecule has 2 N–H and O–H groups in total. The van der Waals surface area contributed by atoms with E-state index >= 15 is 0 Å². The third-order valence-electron chi connectivity index (χ3n) is 3.64. The zero-order chi connectivity index (χ0) is 10.7. The Bertz CT molecular complexity index is 227. The number of aliphatic carboxylic acids is 1. The summed E-state index contributed by atoms with van der Waals surface area (Å²) in [5, 5.41) is 12.5. The Labute approximate surface area is 90.6 Å². The van der Waals surface area contributed by atoms with Crippen LogP contribution in [-0.2, 0) is 4.79 Å². The van der Waals surface area contributed by atoms with Gasteiger partial charge in [0.1, 0.15) is 0 Å². The molecule has 2 aliphatic rings. The van der Waals surface area contributed by atoms with E-state index in [0.29, 0.717) is 0 Å². The topological polar surface area (TPSA) is 52.6 Å². The molecule has 15 heavy (non-hydrogen) atoms. The summed E-state index contributed by atoms with van der Waals surface area (Å²) < 4.78 is 0. The van der Waals surface area contributed by atoms with Crippen molar-refractivity contribution in [2.24, 2.45) is 5.92 Å². The van der Waals surface area contributed by atoms with Crippen LogP contribution < -0.4 is 5.32 Å². The summed E-state index contributed by atoms with van der Waals surface area (Å²) in [4.78, 5) is 13.6. The summed E-state index contributed by atoms with van der Waals surface area (Å²) in [5.41, 5.74) is 0. The Hall–Kier alpha value is -0.610. The molecule has 0 aromatic carbocycles. The molecule has 2 aliphatic heterocycles. The fourth-order valence-corrected chi connectivity index (χ4v) is 2.82. The molecule has 0 bridgehead atoms. The van der Waals surface area contributed by atoms with Crippen LogP contribution in [0.15, 0.2) is 0 Å². The van der Waals surface area contributed by atoms with Gasteiger partial charge in [0.15, 0.2) is 0 Å². The van der Waals surface area contributed by atoms with Gasteiger partial charge >= 0.3 is 5.97 Å². The summed E-state index contributed by atoms with van der Waals surface area (Å²) in [6.45, 7) is 4.00. The minimum atomic E-state index is -0.615. The van der Waals surface area contributed by atoms with E-state index in [1.54, 1.807) is 0 Å². The first-order chi connectivity index (χ1) is 7.29. The molecule has 0 aromatic heterocycles. The normalized spacial score (nSPS) is 33.9. The van der Waals surface area contributed by atoms with Crippen LogP contribution in [0.3, 0.4) is 0 Å². The predicted molar refractivity (Wildman–Crippen MR) is 57.8 cm³/mol. The summed E-state index contributed by atoms with van der Waals surface area (Å²) in [7, 11) is 0. The van der Waals surface area contributed by atoms with Crippen molar-refractivity contribution in [3.05, 3.63) is 0 Å². The molecule has 0 amide bonds. The minimum absolute atomic E-state index is 0.168. The molecule has 0 spiro atoms. The number of carboxylic acid groups (broad SMARTS) is 1. The molecule has 0 radical (unpaired) electrons. The van der Waals surface area contributed by atoms with Crippen molar-refractivity contribution in [3.63, 3.8) is 0 Å². The predicted octanol–water partition coefficient (Wildman–Crippen LogP) is 0.535. The second-order valence-electron chi connectivity index (χ2n) is 4.58. The van der Waals surface area contributed by atoms with Gasteiger partial charge in [0.2, 0.25) is 0 Å². The van der Waals surface area contributed by atoms with Gasteiger partial charge in [0, 0.05) is 6.04 Å². The highest BCUT2D eigenvalue weighted by Gasteiger charge is 2.34.